The molecular formula is C10H14N4O2. The van der Waals surface area contributed by atoms with Crippen molar-refractivity contribution in [1.82, 2.24) is 9.88 Å². The van der Waals surface area contributed by atoms with Crippen LogP contribution < -0.4 is 4.90 Å². The maximum atomic E-state index is 10.6. The third-order valence-electron chi connectivity index (χ3n) is 2.77. The van der Waals surface area contributed by atoms with Crippen LogP contribution in [0.2, 0.25) is 0 Å². The molecule has 1 aliphatic rings. The quantitative estimate of drug-likeness (QED) is 0.545. The zero-order valence-corrected chi connectivity index (χ0v) is 9.17. The lowest BCUT2D eigenvalue weighted by Crippen LogP contribution is -2.44. The minimum Gasteiger partial charge on any atom is -0.354 e. The number of hydrogen-bond acceptors (Lipinski definition) is 5. The predicted molar refractivity (Wildman–Crippen MR) is 60.6 cm³/mol. The van der Waals surface area contributed by atoms with Crippen LogP contribution in [0.5, 0.6) is 0 Å². The zero-order valence-electron chi connectivity index (χ0n) is 9.17. The standard InChI is InChI=1S/C10H14N4O2/c1-12-4-6-13(7-5-12)10-8-9(14(15)16)2-3-11-10/h2-3,8H,4-7H2,1H3. The number of nitro groups is 1. The molecule has 0 amide bonds. The highest BCUT2D eigenvalue weighted by atomic mass is 16.6. The van der Waals surface area contributed by atoms with E-state index >= 15 is 0 Å². The van der Waals surface area contributed by atoms with Gasteiger partial charge in [0.25, 0.3) is 5.69 Å². The largest absolute Gasteiger partial charge is 0.354 e. The smallest absolute Gasteiger partial charge is 0.274 e. The Labute approximate surface area is 93.6 Å². The fraction of sp³-hybridized carbons (Fsp3) is 0.500. The molecule has 0 aliphatic carbocycles. The fourth-order valence-electron chi connectivity index (χ4n) is 1.73. The number of nitrogens with zero attached hydrogens (tertiary/aromatic N) is 4. The Morgan fingerprint density at radius 3 is 2.69 bits per heavy atom. The third-order valence-corrected chi connectivity index (χ3v) is 2.77. The van der Waals surface area contributed by atoms with Crippen LogP contribution in [0.1, 0.15) is 0 Å². The summed E-state index contributed by atoms with van der Waals surface area (Å²) < 4.78 is 0. The molecule has 0 atom stereocenters. The summed E-state index contributed by atoms with van der Waals surface area (Å²) in [5.41, 5.74) is 0.101. The van der Waals surface area contributed by atoms with Gasteiger partial charge >= 0.3 is 0 Å². The maximum Gasteiger partial charge on any atom is 0.274 e. The number of hydrogen-bond donors (Lipinski definition) is 0. The van der Waals surface area contributed by atoms with Crippen molar-refractivity contribution in [3.8, 4) is 0 Å². The number of likely N-dealkylation sites (N-methyl/N-ethyl adjacent to an activating group) is 1. The molecule has 1 aromatic rings. The topological polar surface area (TPSA) is 62.5 Å². The summed E-state index contributed by atoms with van der Waals surface area (Å²) in [4.78, 5) is 18.7. The first-order valence-corrected chi connectivity index (χ1v) is 5.21. The number of anilines is 1. The van der Waals surface area contributed by atoms with Crippen molar-refractivity contribution in [2.45, 2.75) is 0 Å². The molecule has 6 heteroatoms. The molecule has 2 rings (SSSR count). The average Bonchev–Trinajstić information content (AvgIpc) is 2.30. The van der Waals surface area contributed by atoms with Gasteiger partial charge in [0.2, 0.25) is 0 Å². The number of aromatic nitrogens is 1. The highest BCUT2D eigenvalue weighted by Gasteiger charge is 2.17. The van der Waals surface area contributed by atoms with Gasteiger partial charge in [-0.3, -0.25) is 10.1 Å². The van der Waals surface area contributed by atoms with Crippen LogP contribution in [0, 0.1) is 10.1 Å². The first-order valence-electron chi connectivity index (χ1n) is 5.21. The van der Waals surface area contributed by atoms with E-state index in [-0.39, 0.29) is 10.6 Å². The van der Waals surface area contributed by atoms with Crippen molar-refractivity contribution < 1.29 is 4.92 Å². The number of piperazine rings is 1. The maximum absolute atomic E-state index is 10.6. The van der Waals surface area contributed by atoms with Gasteiger partial charge in [0, 0.05) is 38.4 Å². The van der Waals surface area contributed by atoms with E-state index in [0.717, 1.165) is 26.2 Å². The molecule has 1 aliphatic heterocycles. The lowest BCUT2D eigenvalue weighted by molar-refractivity contribution is -0.384. The van der Waals surface area contributed by atoms with E-state index in [1.165, 1.54) is 18.3 Å². The Bertz CT molecular complexity index is 388. The molecule has 0 N–H and O–H groups in total. The van der Waals surface area contributed by atoms with E-state index in [1.54, 1.807) is 0 Å². The molecule has 6 nitrogen and oxygen atoms in total. The molecule has 0 bridgehead atoms. The van der Waals surface area contributed by atoms with Gasteiger partial charge in [0.1, 0.15) is 5.82 Å². The molecule has 0 saturated carbocycles. The van der Waals surface area contributed by atoms with Crippen LogP contribution in [0.4, 0.5) is 11.5 Å². The summed E-state index contributed by atoms with van der Waals surface area (Å²) in [7, 11) is 2.07. The Morgan fingerprint density at radius 1 is 1.38 bits per heavy atom. The summed E-state index contributed by atoms with van der Waals surface area (Å²) in [6, 6.07) is 2.95. The van der Waals surface area contributed by atoms with E-state index in [4.69, 9.17) is 0 Å². The fourth-order valence-corrected chi connectivity index (χ4v) is 1.73. The SMILES string of the molecule is CN1CCN(c2cc([N+](=O)[O-])ccn2)CC1. The molecule has 0 unspecified atom stereocenters. The van der Waals surface area contributed by atoms with E-state index in [2.05, 4.69) is 21.8 Å². The van der Waals surface area contributed by atoms with Crippen molar-refractivity contribution in [3.63, 3.8) is 0 Å². The number of rotatable bonds is 2. The van der Waals surface area contributed by atoms with Gasteiger partial charge in [-0.25, -0.2) is 4.98 Å². The Hall–Kier alpha value is -1.69. The minimum atomic E-state index is -0.388. The molecule has 86 valence electrons. The van der Waals surface area contributed by atoms with Crippen molar-refractivity contribution in [1.29, 1.82) is 0 Å². The van der Waals surface area contributed by atoms with E-state index < -0.39 is 0 Å². The van der Waals surface area contributed by atoms with Crippen LogP contribution in [0.25, 0.3) is 0 Å². The first kappa shape index (κ1) is 10.8. The Balaban J connectivity index is 2.14. The molecule has 16 heavy (non-hydrogen) atoms. The summed E-state index contributed by atoms with van der Waals surface area (Å²) >= 11 is 0. The van der Waals surface area contributed by atoms with Gasteiger partial charge in [-0.05, 0) is 7.05 Å². The third kappa shape index (κ3) is 2.27. The van der Waals surface area contributed by atoms with Crippen LogP contribution in [0.15, 0.2) is 18.3 Å². The summed E-state index contributed by atoms with van der Waals surface area (Å²) in [5.74, 6) is 0.697. The molecular weight excluding hydrogens is 208 g/mol. The second-order valence-corrected chi connectivity index (χ2v) is 3.92. The van der Waals surface area contributed by atoms with Gasteiger partial charge in [-0.2, -0.15) is 0 Å². The van der Waals surface area contributed by atoms with Crippen molar-refractivity contribution >= 4 is 11.5 Å². The van der Waals surface area contributed by atoms with Gasteiger partial charge in [0.05, 0.1) is 11.0 Å². The van der Waals surface area contributed by atoms with Crippen LogP contribution >= 0.6 is 0 Å². The van der Waals surface area contributed by atoms with Crippen LogP contribution in [0.3, 0.4) is 0 Å². The number of pyridine rings is 1. The highest BCUT2D eigenvalue weighted by Crippen LogP contribution is 2.18. The molecule has 1 saturated heterocycles. The van der Waals surface area contributed by atoms with E-state index in [9.17, 15) is 10.1 Å². The van der Waals surface area contributed by atoms with Gasteiger partial charge < -0.3 is 9.80 Å². The Kier molecular flexibility index (Phi) is 3.00. The molecule has 1 fully saturated rings. The molecule has 2 heterocycles. The molecule has 0 spiro atoms. The monoisotopic (exact) mass is 222 g/mol. The van der Waals surface area contributed by atoms with Gasteiger partial charge in [-0.1, -0.05) is 0 Å². The minimum absolute atomic E-state index is 0.101. The molecule has 0 radical (unpaired) electrons. The molecule has 1 aromatic heterocycles. The molecule has 0 aromatic carbocycles. The van der Waals surface area contributed by atoms with E-state index in [0.29, 0.717) is 5.82 Å². The predicted octanol–water partition coefficient (Wildman–Crippen LogP) is 0.742. The second-order valence-electron chi connectivity index (χ2n) is 3.92. The van der Waals surface area contributed by atoms with Crippen molar-refractivity contribution in [3.05, 3.63) is 28.4 Å². The lowest BCUT2D eigenvalue weighted by Gasteiger charge is -2.32. The lowest BCUT2D eigenvalue weighted by atomic mass is 10.3. The zero-order chi connectivity index (χ0) is 11.5. The highest BCUT2D eigenvalue weighted by molar-refractivity contribution is 5.46. The summed E-state index contributed by atoms with van der Waals surface area (Å²) in [6.07, 6.45) is 1.49. The van der Waals surface area contributed by atoms with Gasteiger partial charge in [0.15, 0.2) is 0 Å². The second kappa shape index (κ2) is 4.44. The van der Waals surface area contributed by atoms with Crippen LogP contribution in [-0.2, 0) is 0 Å². The summed E-state index contributed by atoms with van der Waals surface area (Å²) in [6.45, 7) is 3.66. The van der Waals surface area contributed by atoms with Gasteiger partial charge in [-0.15, -0.1) is 0 Å². The van der Waals surface area contributed by atoms with Crippen LogP contribution in [-0.4, -0.2) is 48.0 Å². The Morgan fingerprint density at radius 2 is 2.06 bits per heavy atom. The average molecular weight is 222 g/mol. The van der Waals surface area contributed by atoms with Crippen molar-refractivity contribution in [2.24, 2.45) is 0 Å². The van der Waals surface area contributed by atoms with E-state index in [1.807, 2.05) is 0 Å². The first-order chi connectivity index (χ1) is 7.66. The van der Waals surface area contributed by atoms with Crippen molar-refractivity contribution in [2.75, 3.05) is 38.1 Å². The summed E-state index contributed by atoms with van der Waals surface area (Å²) in [5, 5.41) is 10.6. The normalized spacial score (nSPS) is 17.4.